The number of pyridine rings is 1. The van der Waals surface area contributed by atoms with Crippen LogP contribution in [0.1, 0.15) is 36.9 Å². The Kier molecular flexibility index (Phi) is 3.83. The Balaban J connectivity index is 2.44. The maximum absolute atomic E-state index is 12.0. The Hall–Kier alpha value is -1.91. The summed E-state index contributed by atoms with van der Waals surface area (Å²) in [6.45, 7) is 4.49. The minimum absolute atomic E-state index is 0.0777. The number of rotatable bonds is 4. The monoisotopic (exact) mass is 262 g/mol. The number of hydrogen-bond acceptors (Lipinski definition) is 3. The Bertz CT molecular complexity index is 501. The molecule has 0 spiro atoms. The Labute approximate surface area is 112 Å². The zero-order valence-electron chi connectivity index (χ0n) is 11.2. The maximum atomic E-state index is 12.0. The van der Waals surface area contributed by atoms with Crippen molar-refractivity contribution in [2.24, 2.45) is 5.92 Å². The van der Waals surface area contributed by atoms with Crippen molar-refractivity contribution in [3.05, 3.63) is 29.6 Å². The van der Waals surface area contributed by atoms with Gasteiger partial charge in [0.15, 0.2) is 0 Å². The van der Waals surface area contributed by atoms with E-state index in [1.54, 1.807) is 17.3 Å². The van der Waals surface area contributed by atoms with Crippen molar-refractivity contribution in [2.75, 3.05) is 6.54 Å². The van der Waals surface area contributed by atoms with Crippen molar-refractivity contribution in [1.29, 1.82) is 0 Å². The van der Waals surface area contributed by atoms with Gasteiger partial charge in [0.1, 0.15) is 0 Å². The molecule has 19 heavy (non-hydrogen) atoms. The van der Waals surface area contributed by atoms with Crippen LogP contribution in [-0.2, 0) is 9.59 Å². The van der Waals surface area contributed by atoms with Crippen molar-refractivity contribution < 1.29 is 14.7 Å². The number of aromatic nitrogens is 1. The number of carboxylic acids is 1. The van der Waals surface area contributed by atoms with Gasteiger partial charge in [0.05, 0.1) is 12.0 Å². The Morgan fingerprint density at radius 3 is 2.89 bits per heavy atom. The molecule has 0 saturated carbocycles. The molecule has 1 aliphatic heterocycles. The van der Waals surface area contributed by atoms with Crippen LogP contribution in [-0.4, -0.2) is 33.4 Å². The standard InChI is InChI=1S/C14H18N2O3/c1-3-6-16-12(17)7-10(14(18)19)13(16)11-8-15-5-4-9(11)2/h4-5,8,10,13H,3,6-7H2,1-2H3,(H,18,19). The molecule has 0 radical (unpaired) electrons. The maximum Gasteiger partial charge on any atom is 0.309 e. The molecule has 1 N–H and O–H groups in total. The minimum atomic E-state index is -0.916. The van der Waals surface area contributed by atoms with Gasteiger partial charge in [-0.2, -0.15) is 0 Å². The lowest BCUT2D eigenvalue weighted by Gasteiger charge is -2.27. The van der Waals surface area contributed by atoms with Crippen LogP contribution in [0.2, 0.25) is 0 Å². The van der Waals surface area contributed by atoms with Crippen LogP contribution >= 0.6 is 0 Å². The average molecular weight is 262 g/mol. The van der Waals surface area contributed by atoms with E-state index in [0.717, 1.165) is 17.5 Å². The second-order valence-electron chi connectivity index (χ2n) is 4.91. The van der Waals surface area contributed by atoms with E-state index in [1.165, 1.54) is 0 Å². The second kappa shape index (κ2) is 5.38. The molecule has 1 amide bonds. The summed E-state index contributed by atoms with van der Waals surface area (Å²) in [5.41, 5.74) is 1.82. The highest BCUT2D eigenvalue weighted by molar-refractivity contribution is 5.87. The lowest BCUT2D eigenvalue weighted by molar-refractivity contribution is -0.142. The minimum Gasteiger partial charge on any atom is -0.481 e. The first-order chi connectivity index (χ1) is 9.06. The molecule has 1 aliphatic rings. The number of carbonyl (C=O) groups is 2. The fraction of sp³-hybridized carbons (Fsp3) is 0.500. The van der Waals surface area contributed by atoms with E-state index in [4.69, 9.17) is 0 Å². The molecule has 2 heterocycles. The zero-order chi connectivity index (χ0) is 14.0. The van der Waals surface area contributed by atoms with Crippen LogP contribution in [0.5, 0.6) is 0 Å². The Morgan fingerprint density at radius 1 is 1.58 bits per heavy atom. The molecule has 2 atom stereocenters. The first kappa shape index (κ1) is 13.5. The van der Waals surface area contributed by atoms with Gasteiger partial charge >= 0.3 is 5.97 Å². The normalized spacial score (nSPS) is 22.8. The highest BCUT2D eigenvalue weighted by atomic mass is 16.4. The molecule has 2 unspecified atom stereocenters. The third-order valence-corrected chi connectivity index (χ3v) is 3.61. The average Bonchev–Trinajstić information content (AvgIpc) is 2.69. The number of carbonyl (C=O) groups excluding carboxylic acids is 1. The molecule has 1 aromatic rings. The van der Waals surface area contributed by atoms with Gasteiger partial charge in [0.2, 0.25) is 5.91 Å². The fourth-order valence-electron chi connectivity index (χ4n) is 2.69. The van der Waals surface area contributed by atoms with E-state index < -0.39 is 17.9 Å². The van der Waals surface area contributed by atoms with Gasteiger partial charge in [-0.15, -0.1) is 0 Å². The molecule has 0 aliphatic carbocycles. The van der Waals surface area contributed by atoms with E-state index >= 15 is 0 Å². The highest BCUT2D eigenvalue weighted by Crippen LogP contribution is 2.39. The van der Waals surface area contributed by atoms with E-state index in [-0.39, 0.29) is 12.3 Å². The van der Waals surface area contributed by atoms with Gasteiger partial charge in [-0.3, -0.25) is 14.6 Å². The second-order valence-corrected chi connectivity index (χ2v) is 4.91. The molecule has 1 saturated heterocycles. The number of aryl methyl sites for hydroxylation is 1. The number of likely N-dealkylation sites (tertiary alicyclic amines) is 1. The van der Waals surface area contributed by atoms with Crippen LogP contribution in [0.15, 0.2) is 18.5 Å². The summed E-state index contributed by atoms with van der Waals surface area (Å²) in [5, 5.41) is 9.34. The largest absolute Gasteiger partial charge is 0.481 e. The summed E-state index contributed by atoms with van der Waals surface area (Å²) in [4.78, 5) is 29.2. The molecule has 2 rings (SSSR count). The molecule has 1 fully saturated rings. The molecular weight excluding hydrogens is 244 g/mol. The number of amides is 1. The van der Waals surface area contributed by atoms with E-state index in [9.17, 15) is 14.7 Å². The van der Waals surface area contributed by atoms with Crippen LogP contribution in [0.25, 0.3) is 0 Å². The van der Waals surface area contributed by atoms with E-state index in [0.29, 0.717) is 6.54 Å². The molecule has 0 aromatic carbocycles. The molecule has 5 heteroatoms. The topological polar surface area (TPSA) is 70.5 Å². The zero-order valence-corrected chi connectivity index (χ0v) is 11.2. The molecule has 1 aromatic heterocycles. The number of nitrogens with zero attached hydrogens (tertiary/aromatic N) is 2. The molecule has 5 nitrogen and oxygen atoms in total. The summed E-state index contributed by atoms with van der Waals surface area (Å²) in [6, 6.07) is 1.46. The summed E-state index contributed by atoms with van der Waals surface area (Å²) in [7, 11) is 0. The fourth-order valence-corrected chi connectivity index (χ4v) is 2.69. The Morgan fingerprint density at radius 2 is 2.32 bits per heavy atom. The molecule has 102 valence electrons. The lowest BCUT2D eigenvalue weighted by atomic mass is 9.92. The highest BCUT2D eigenvalue weighted by Gasteiger charge is 2.44. The summed E-state index contributed by atoms with van der Waals surface area (Å²) >= 11 is 0. The van der Waals surface area contributed by atoms with Gasteiger partial charge in [-0.1, -0.05) is 6.92 Å². The predicted molar refractivity (Wildman–Crippen MR) is 69.5 cm³/mol. The molecular formula is C14H18N2O3. The van der Waals surface area contributed by atoms with Crippen molar-refractivity contribution in [3.8, 4) is 0 Å². The lowest BCUT2D eigenvalue weighted by Crippen LogP contribution is -2.31. The summed E-state index contributed by atoms with van der Waals surface area (Å²) < 4.78 is 0. The van der Waals surface area contributed by atoms with Crippen LogP contribution in [0, 0.1) is 12.8 Å². The molecule has 0 bridgehead atoms. The van der Waals surface area contributed by atoms with Gasteiger partial charge < -0.3 is 10.0 Å². The van der Waals surface area contributed by atoms with Crippen LogP contribution < -0.4 is 0 Å². The van der Waals surface area contributed by atoms with Gasteiger partial charge in [-0.05, 0) is 30.5 Å². The SMILES string of the molecule is CCCN1C(=O)CC(C(=O)O)C1c1cnccc1C. The predicted octanol–water partition coefficient (Wildman–Crippen LogP) is 1.77. The van der Waals surface area contributed by atoms with E-state index in [2.05, 4.69) is 4.98 Å². The first-order valence-electron chi connectivity index (χ1n) is 6.49. The van der Waals surface area contributed by atoms with E-state index in [1.807, 2.05) is 19.9 Å². The third kappa shape index (κ3) is 2.45. The van der Waals surface area contributed by atoms with Gasteiger partial charge in [0.25, 0.3) is 0 Å². The number of hydrogen-bond donors (Lipinski definition) is 1. The van der Waals surface area contributed by atoms with Crippen molar-refractivity contribution in [2.45, 2.75) is 32.7 Å². The quantitative estimate of drug-likeness (QED) is 0.897. The first-order valence-corrected chi connectivity index (χ1v) is 6.49. The van der Waals surface area contributed by atoms with Crippen molar-refractivity contribution >= 4 is 11.9 Å². The smallest absolute Gasteiger partial charge is 0.309 e. The number of aliphatic carboxylic acids is 1. The summed E-state index contributed by atoms with van der Waals surface area (Å²) in [6.07, 6.45) is 4.25. The van der Waals surface area contributed by atoms with Gasteiger partial charge in [-0.25, -0.2) is 0 Å². The summed E-state index contributed by atoms with van der Waals surface area (Å²) in [5.74, 6) is -1.68. The van der Waals surface area contributed by atoms with Crippen LogP contribution in [0.4, 0.5) is 0 Å². The van der Waals surface area contributed by atoms with Crippen molar-refractivity contribution in [1.82, 2.24) is 9.88 Å². The van der Waals surface area contributed by atoms with Crippen molar-refractivity contribution in [3.63, 3.8) is 0 Å². The third-order valence-electron chi connectivity index (χ3n) is 3.61. The van der Waals surface area contributed by atoms with Gasteiger partial charge in [0, 0.05) is 25.4 Å². The number of carboxylic acid groups (broad SMARTS) is 1. The van der Waals surface area contributed by atoms with Crippen LogP contribution in [0.3, 0.4) is 0 Å².